The first-order valence-electron chi connectivity index (χ1n) is 3.41. The molecule has 0 aromatic heterocycles. The second kappa shape index (κ2) is 8.49. The monoisotopic (exact) mass is 267 g/mol. The van der Waals surface area contributed by atoms with Gasteiger partial charge in [-0.25, -0.2) is 4.57 Å². The van der Waals surface area contributed by atoms with Crippen molar-refractivity contribution in [3.63, 3.8) is 0 Å². The van der Waals surface area contributed by atoms with E-state index in [4.69, 9.17) is 4.89 Å². The van der Waals surface area contributed by atoms with Gasteiger partial charge in [-0.1, -0.05) is 18.2 Å². The topological polar surface area (TPSA) is 98.9 Å². The first-order valence-corrected chi connectivity index (χ1v) is 4.91. The molecule has 0 fully saturated rings. The summed E-state index contributed by atoms with van der Waals surface area (Å²) in [6.07, 6.45) is 0. The van der Waals surface area contributed by atoms with Crippen LogP contribution in [-0.2, 0) is 9.19 Å². The van der Waals surface area contributed by atoms with Gasteiger partial charge in [0.15, 0.2) is 0 Å². The van der Waals surface area contributed by atoms with Crippen LogP contribution >= 0.6 is 7.82 Å². The van der Waals surface area contributed by atoms with Gasteiger partial charge in [0.05, 0.1) is 0 Å². The molecule has 1 unspecified atom stereocenters. The second-order valence-electron chi connectivity index (χ2n) is 2.18. The van der Waals surface area contributed by atoms with Crippen molar-refractivity contribution in [2.45, 2.75) is 0 Å². The van der Waals surface area contributed by atoms with E-state index in [1.54, 1.807) is 18.2 Å². The first-order chi connectivity index (χ1) is 6.49. The molecule has 1 aromatic rings. The third-order valence-corrected chi connectivity index (χ3v) is 1.92. The minimum absolute atomic E-state index is 0. The Labute approximate surface area is 135 Å². The summed E-state index contributed by atoms with van der Waals surface area (Å²) < 4.78 is 18.7. The molecule has 0 saturated heterocycles. The van der Waals surface area contributed by atoms with E-state index in [0.29, 0.717) is 0 Å². The molecule has 0 aliphatic carbocycles. The summed E-state index contributed by atoms with van der Waals surface area (Å²) in [5, 5.41) is 8.39. The summed E-state index contributed by atoms with van der Waals surface area (Å²) in [7, 11) is -4.67. The fourth-order valence-electron chi connectivity index (χ4n) is 0.715. The van der Waals surface area contributed by atoms with Crippen LogP contribution in [-0.4, -0.2) is 69.1 Å². The first kappa shape index (κ1) is 18.8. The van der Waals surface area contributed by atoms with Crippen LogP contribution in [0.15, 0.2) is 30.3 Å². The van der Waals surface area contributed by atoms with Crippen molar-refractivity contribution in [3.05, 3.63) is 40.4 Å². The van der Waals surface area contributed by atoms with Gasteiger partial charge in [-0.05, 0) is 12.1 Å². The van der Waals surface area contributed by atoms with Gasteiger partial charge in [-0.2, -0.15) is 4.62 Å². The van der Waals surface area contributed by atoms with Crippen molar-refractivity contribution < 1.29 is 23.7 Å². The van der Waals surface area contributed by atoms with Gasteiger partial charge in [0.2, 0.25) is 0 Å². The maximum atomic E-state index is 10.9. The number of para-hydroxylation sites is 1. The van der Waals surface area contributed by atoms with Gasteiger partial charge in [-0.3, -0.25) is 4.89 Å². The number of benzene rings is 1. The Hall–Kier alpha value is 0.410. The van der Waals surface area contributed by atoms with Crippen molar-refractivity contribution in [2.75, 3.05) is 0 Å². The molecule has 16 heavy (non-hydrogen) atoms. The van der Waals surface area contributed by atoms with E-state index < -0.39 is 12.9 Å². The standard InChI is InChI=1S/C6H6NO6P.2Na.2H/c8-7(9)13-14(10,11)12-6-4-2-1-3-5-6;;;;/h1-5H,(H,10,11);;;;. The van der Waals surface area contributed by atoms with Crippen LogP contribution in [0.2, 0.25) is 0 Å². The molecular formula is C6H8NNa2O6P. The minimum atomic E-state index is -4.67. The van der Waals surface area contributed by atoms with Gasteiger partial charge in [0, 0.05) is 0 Å². The molecule has 0 aliphatic rings. The number of hydrogen-bond donors (Lipinski definition) is 1. The summed E-state index contributed by atoms with van der Waals surface area (Å²) in [5.41, 5.74) is 0. The molecule has 0 spiro atoms. The Morgan fingerprint density at radius 2 is 1.75 bits per heavy atom. The van der Waals surface area contributed by atoms with Gasteiger partial charge in [0.1, 0.15) is 5.75 Å². The summed E-state index contributed by atoms with van der Waals surface area (Å²) in [6.45, 7) is 0. The van der Waals surface area contributed by atoms with Crippen molar-refractivity contribution >= 4 is 66.9 Å². The Kier molecular flexibility index (Phi) is 9.96. The quantitative estimate of drug-likeness (QED) is 0.359. The Bertz CT molecular complexity index is 375. The zero-order valence-corrected chi connectivity index (χ0v) is 7.66. The zero-order valence-electron chi connectivity index (χ0n) is 6.77. The van der Waals surface area contributed by atoms with Crippen LogP contribution in [0.5, 0.6) is 5.75 Å². The predicted octanol–water partition coefficient (Wildman–Crippen LogP) is 0.0771. The zero-order chi connectivity index (χ0) is 10.6. The molecule has 0 saturated carbocycles. The predicted molar refractivity (Wildman–Crippen MR) is 59.3 cm³/mol. The number of nitrogens with zero attached hydrogens (tertiary/aromatic N) is 1. The third-order valence-electron chi connectivity index (χ3n) is 1.13. The third kappa shape index (κ3) is 7.65. The van der Waals surface area contributed by atoms with Crippen LogP contribution in [0.4, 0.5) is 0 Å². The van der Waals surface area contributed by atoms with Gasteiger partial charge < -0.3 is 4.52 Å². The van der Waals surface area contributed by atoms with Crippen LogP contribution < -0.4 is 4.52 Å². The molecule has 1 aromatic carbocycles. The summed E-state index contributed by atoms with van der Waals surface area (Å²) in [4.78, 5) is 18.6. The average Bonchev–Trinajstić information content (AvgIpc) is 2.02. The Morgan fingerprint density at radius 1 is 1.25 bits per heavy atom. The SMILES string of the molecule is O=[N+]([O-])OP(=O)(O)Oc1ccccc1.[NaH].[NaH]. The Balaban J connectivity index is 0. The van der Waals surface area contributed by atoms with Crippen molar-refractivity contribution in [1.29, 1.82) is 0 Å². The van der Waals surface area contributed by atoms with Crippen LogP contribution in [0.1, 0.15) is 0 Å². The number of hydrogen-bond acceptors (Lipinski definition) is 5. The summed E-state index contributed by atoms with van der Waals surface area (Å²) in [5.74, 6) is 0.0141. The molecule has 7 nitrogen and oxygen atoms in total. The summed E-state index contributed by atoms with van der Waals surface area (Å²) >= 11 is 0. The number of phosphoric acid groups is 1. The van der Waals surface area contributed by atoms with E-state index >= 15 is 0 Å². The van der Waals surface area contributed by atoms with Crippen LogP contribution in [0.25, 0.3) is 0 Å². The second-order valence-corrected chi connectivity index (χ2v) is 3.46. The normalized spacial score (nSPS) is 12.3. The van der Waals surface area contributed by atoms with E-state index in [2.05, 4.69) is 9.15 Å². The molecule has 0 aliphatic heterocycles. The Morgan fingerprint density at radius 3 is 2.19 bits per heavy atom. The van der Waals surface area contributed by atoms with E-state index in [1.165, 1.54) is 12.1 Å². The molecule has 0 radical (unpaired) electrons. The van der Waals surface area contributed by atoms with E-state index in [-0.39, 0.29) is 64.9 Å². The van der Waals surface area contributed by atoms with Crippen molar-refractivity contribution in [1.82, 2.24) is 0 Å². The number of rotatable bonds is 4. The molecule has 10 heteroatoms. The maximum absolute atomic E-state index is 10.9. The fourth-order valence-corrected chi connectivity index (χ4v) is 1.31. The number of phosphoric ester groups is 1. The molecule has 1 rings (SSSR count). The van der Waals surface area contributed by atoms with Crippen LogP contribution in [0.3, 0.4) is 0 Å². The molecule has 1 atom stereocenters. The fraction of sp³-hybridized carbons (Fsp3) is 0. The van der Waals surface area contributed by atoms with Gasteiger partial charge in [-0.15, -0.1) is 10.1 Å². The van der Waals surface area contributed by atoms with Crippen molar-refractivity contribution in [3.8, 4) is 5.75 Å². The molecule has 0 bridgehead atoms. The van der Waals surface area contributed by atoms with Gasteiger partial charge >= 0.3 is 72.0 Å². The molecule has 0 amide bonds. The van der Waals surface area contributed by atoms with Crippen molar-refractivity contribution in [2.24, 2.45) is 0 Å². The van der Waals surface area contributed by atoms with E-state index in [1.807, 2.05) is 0 Å². The molecule has 0 heterocycles. The average molecular weight is 267 g/mol. The van der Waals surface area contributed by atoms with Crippen LogP contribution in [0, 0.1) is 10.1 Å². The van der Waals surface area contributed by atoms with E-state index in [9.17, 15) is 14.7 Å². The molecular weight excluding hydrogens is 259 g/mol. The molecule has 1 N–H and O–H groups in total. The summed E-state index contributed by atoms with van der Waals surface area (Å²) in [6, 6.07) is 7.48. The molecule has 80 valence electrons. The van der Waals surface area contributed by atoms with Gasteiger partial charge in [0.25, 0.3) is 0 Å². The van der Waals surface area contributed by atoms with E-state index in [0.717, 1.165) is 0 Å².